The van der Waals surface area contributed by atoms with Crippen LogP contribution in [-0.4, -0.2) is 41.5 Å². The summed E-state index contributed by atoms with van der Waals surface area (Å²) in [6.07, 6.45) is 0. The highest BCUT2D eigenvalue weighted by atomic mass is 35.5. The Balaban J connectivity index is 2.98. The van der Waals surface area contributed by atoms with E-state index >= 15 is 0 Å². The Labute approximate surface area is 112 Å². The lowest BCUT2D eigenvalue weighted by Crippen LogP contribution is -2.38. The van der Waals surface area contributed by atoms with Crippen LogP contribution in [0.3, 0.4) is 0 Å². The van der Waals surface area contributed by atoms with Gasteiger partial charge in [-0.3, -0.25) is 4.79 Å². The molecular weight excluding hydrogens is 254 g/mol. The van der Waals surface area contributed by atoms with Crippen LogP contribution >= 0.6 is 11.6 Å². The monoisotopic (exact) mass is 271 g/mol. The number of rotatable bonds is 5. The molecular formula is C13H18ClNO3. The van der Waals surface area contributed by atoms with Crippen LogP contribution in [-0.2, 0) is 0 Å². The maximum Gasteiger partial charge on any atom is 0.254 e. The number of phenolic OH excluding ortho intramolecular Hbond substituents is 1. The number of hydrogen-bond donors (Lipinski definition) is 1. The average molecular weight is 272 g/mol. The summed E-state index contributed by atoms with van der Waals surface area (Å²) in [5, 5.41) is 9.67. The number of hydrogen-bond acceptors (Lipinski definition) is 3. The summed E-state index contributed by atoms with van der Waals surface area (Å²) in [7, 11) is 1.46. The number of amides is 1. The van der Waals surface area contributed by atoms with Crippen LogP contribution in [0, 0.1) is 0 Å². The van der Waals surface area contributed by atoms with Crippen LogP contribution in [0.15, 0.2) is 18.2 Å². The average Bonchev–Trinajstić information content (AvgIpc) is 2.34. The zero-order valence-corrected chi connectivity index (χ0v) is 11.6. The first-order valence-electron chi connectivity index (χ1n) is 5.75. The SMILES string of the molecule is COc1ccc(C(=O)N(CCCl)C(C)C)cc1O. The van der Waals surface area contributed by atoms with Crippen molar-refractivity contribution in [2.45, 2.75) is 19.9 Å². The van der Waals surface area contributed by atoms with E-state index in [0.717, 1.165) is 0 Å². The minimum absolute atomic E-state index is 0.0436. The van der Waals surface area contributed by atoms with Gasteiger partial charge in [-0.05, 0) is 32.0 Å². The molecule has 0 aromatic heterocycles. The van der Waals surface area contributed by atoms with Gasteiger partial charge in [0, 0.05) is 24.0 Å². The molecule has 0 aliphatic carbocycles. The molecule has 100 valence electrons. The number of halogens is 1. The van der Waals surface area contributed by atoms with E-state index in [0.29, 0.717) is 23.7 Å². The van der Waals surface area contributed by atoms with Crippen LogP contribution in [0.4, 0.5) is 0 Å². The number of carbonyl (C=O) groups excluding carboxylic acids is 1. The van der Waals surface area contributed by atoms with Crippen LogP contribution in [0.1, 0.15) is 24.2 Å². The zero-order chi connectivity index (χ0) is 13.7. The van der Waals surface area contributed by atoms with Crippen LogP contribution < -0.4 is 4.74 Å². The number of aromatic hydroxyl groups is 1. The number of nitrogens with zero attached hydrogens (tertiary/aromatic N) is 1. The third kappa shape index (κ3) is 3.29. The first kappa shape index (κ1) is 14.6. The molecule has 0 bridgehead atoms. The predicted octanol–water partition coefficient (Wildman–Crippen LogP) is 2.49. The van der Waals surface area contributed by atoms with Gasteiger partial charge in [-0.25, -0.2) is 0 Å². The molecule has 1 amide bonds. The van der Waals surface area contributed by atoms with E-state index in [2.05, 4.69) is 0 Å². The molecule has 0 atom stereocenters. The van der Waals surface area contributed by atoms with Gasteiger partial charge in [0.2, 0.25) is 0 Å². The van der Waals surface area contributed by atoms with Gasteiger partial charge < -0.3 is 14.7 Å². The molecule has 0 saturated heterocycles. The normalized spacial score (nSPS) is 10.5. The highest BCUT2D eigenvalue weighted by molar-refractivity contribution is 6.18. The molecule has 1 aromatic carbocycles. The smallest absolute Gasteiger partial charge is 0.254 e. The molecule has 4 nitrogen and oxygen atoms in total. The molecule has 0 heterocycles. The molecule has 0 radical (unpaired) electrons. The Morgan fingerprint density at radius 2 is 2.17 bits per heavy atom. The number of ether oxygens (including phenoxy) is 1. The van der Waals surface area contributed by atoms with E-state index in [-0.39, 0.29) is 17.7 Å². The Morgan fingerprint density at radius 1 is 1.50 bits per heavy atom. The summed E-state index contributed by atoms with van der Waals surface area (Å²) in [6, 6.07) is 4.66. The maximum absolute atomic E-state index is 12.2. The third-order valence-corrected chi connectivity index (χ3v) is 2.80. The van der Waals surface area contributed by atoms with Crippen molar-refractivity contribution in [1.29, 1.82) is 0 Å². The summed E-state index contributed by atoms with van der Waals surface area (Å²) in [6.45, 7) is 4.33. The van der Waals surface area contributed by atoms with Crippen molar-refractivity contribution in [2.75, 3.05) is 19.5 Å². The van der Waals surface area contributed by atoms with Gasteiger partial charge in [-0.15, -0.1) is 11.6 Å². The van der Waals surface area contributed by atoms with E-state index < -0.39 is 0 Å². The number of benzene rings is 1. The van der Waals surface area contributed by atoms with Crippen molar-refractivity contribution in [3.63, 3.8) is 0 Å². The summed E-state index contributed by atoms with van der Waals surface area (Å²) in [5.74, 6) is 0.535. The Bertz CT molecular complexity index is 421. The lowest BCUT2D eigenvalue weighted by atomic mass is 10.1. The quantitative estimate of drug-likeness (QED) is 0.837. The molecule has 0 spiro atoms. The molecule has 1 aromatic rings. The topological polar surface area (TPSA) is 49.8 Å². The summed E-state index contributed by atoms with van der Waals surface area (Å²) in [5.41, 5.74) is 0.423. The van der Waals surface area contributed by atoms with E-state index in [1.165, 1.54) is 13.2 Å². The molecule has 1 N–H and O–H groups in total. The van der Waals surface area contributed by atoms with Gasteiger partial charge in [0.1, 0.15) is 0 Å². The van der Waals surface area contributed by atoms with E-state index in [1.54, 1.807) is 17.0 Å². The Hall–Kier alpha value is -1.42. The van der Waals surface area contributed by atoms with Crippen molar-refractivity contribution in [3.8, 4) is 11.5 Å². The highest BCUT2D eigenvalue weighted by Crippen LogP contribution is 2.27. The largest absolute Gasteiger partial charge is 0.504 e. The van der Waals surface area contributed by atoms with Crippen molar-refractivity contribution >= 4 is 17.5 Å². The molecule has 0 unspecified atom stereocenters. The van der Waals surface area contributed by atoms with Gasteiger partial charge >= 0.3 is 0 Å². The maximum atomic E-state index is 12.2. The van der Waals surface area contributed by atoms with Gasteiger partial charge in [0.05, 0.1) is 7.11 Å². The Kier molecular flexibility index (Phi) is 5.28. The summed E-state index contributed by atoms with van der Waals surface area (Å²) < 4.78 is 4.94. The minimum Gasteiger partial charge on any atom is -0.504 e. The van der Waals surface area contributed by atoms with Gasteiger partial charge in [-0.1, -0.05) is 0 Å². The molecule has 0 aliphatic rings. The lowest BCUT2D eigenvalue weighted by molar-refractivity contribution is 0.0718. The fourth-order valence-corrected chi connectivity index (χ4v) is 1.86. The molecule has 0 saturated carbocycles. The van der Waals surface area contributed by atoms with Gasteiger partial charge in [0.25, 0.3) is 5.91 Å². The minimum atomic E-state index is -0.149. The van der Waals surface area contributed by atoms with Crippen LogP contribution in [0.25, 0.3) is 0 Å². The molecule has 18 heavy (non-hydrogen) atoms. The van der Waals surface area contributed by atoms with Crippen molar-refractivity contribution in [2.24, 2.45) is 0 Å². The number of alkyl halides is 1. The van der Waals surface area contributed by atoms with Crippen LogP contribution in [0.5, 0.6) is 11.5 Å². The first-order valence-corrected chi connectivity index (χ1v) is 6.28. The number of phenols is 1. The number of methoxy groups -OCH3 is 1. The van der Waals surface area contributed by atoms with Gasteiger partial charge in [-0.2, -0.15) is 0 Å². The highest BCUT2D eigenvalue weighted by Gasteiger charge is 2.19. The van der Waals surface area contributed by atoms with E-state index in [1.807, 2.05) is 13.8 Å². The molecule has 5 heteroatoms. The van der Waals surface area contributed by atoms with Gasteiger partial charge in [0.15, 0.2) is 11.5 Å². The van der Waals surface area contributed by atoms with Crippen molar-refractivity contribution in [1.82, 2.24) is 4.90 Å². The molecule has 0 fully saturated rings. The molecule has 1 rings (SSSR count). The Morgan fingerprint density at radius 3 is 2.61 bits per heavy atom. The zero-order valence-electron chi connectivity index (χ0n) is 10.8. The summed E-state index contributed by atoms with van der Waals surface area (Å²) in [4.78, 5) is 13.9. The van der Waals surface area contributed by atoms with Crippen molar-refractivity contribution in [3.05, 3.63) is 23.8 Å². The lowest BCUT2D eigenvalue weighted by Gasteiger charge is -2.26. The first-order chi connectivity index (χ1) is 8.51. The van der Waals surface area contributed by atoms with E-state index in [4.69, 9.17) is 16.3 Å². The fraction of sp³-hybridized carbons (Fsp3) is 0.462. The second-order valence-electron chi connectivity index (χ2n) is 4.17. The predicted molar refractivity (Wildman–Crippen MR) is 71.6 cm³/mol. The third-order valence-electron chi connectivity index (χ3n) is 2.64. The number of carbonyl (C=O) groups is 1. The fourth-order valence-electron chi connectivity index (χ4n) is 1.67. The molecule has 0 aliphatic heterocycles. The second-order valence-corrected chi connectivity index (χ2v) is 4.55. The second kappa shape index (κ2) is 6.50. The summed E-state index contributed by atoms with van der Waals surface area (Å²) >= 11 is 5.69. The standard InChI is InChI=1S/C13H18ClNO3/c1-9(2)15(7-6-14)13(17)10-4-5-12(18-3)11(16)8-10/h4-5,8-9,16H,6-7H2,1-3H3. The van der Waals surface area contributed by atoms with Crippen LogP contribution in [0.2, 0.25) is 0 Å². The van der Waals surface area contributed by atoms with E-state index in [9.17, 15) is 9.90 Å². The van der Waals surface area contributed by atoms with Crippen molar-refractivity contribution < 1.29 is 14.6 Å².